The van der Waals surface area contributed by atoms with E-state index in [0.29, 0.717) is 12.4 Å². The number of thioether (sulfide) groups is 1. The fraction of sp³-hybridized carbons (Fsp3) is 0.750. The Morgan fingerprint density at radius 1 is 1.56 bits per heavy atom. The number of nitrogen functional groups attached to an aromatic ring is 1. The first-order valence-corrected chi connectivity index (χ1v) is 8.29. The molecule has 1 aliphatic carbocycles. The van der Waals surface area contributed by atoms with E-state index in [9.17, 15) is 5.11 Å². The largest absolute Gasteiger partial charge is 0.388 e. The Kier molecular flexibility index (Phi) is 4.40. The maximum absolute atomic E-state index is 10.5. The molecular weight excluding hydrogens is 266 g/mol. The van der Waals surface area contributed by atoms with Gasteiger partial charge in [0, 0.05) is 6.54 Å². The Balaban J connectivity index is 1.94. The predicted octanol–water partition coefficient (Wildman–Crippen LogP) is 2.80. The Morgan fingerprint density at radius 2 is 2.22 bits per heavy atom. The van der Waals surface area contributed by atoms with Crippen LogP contribution in [-0.2, 0) is 0 Å². The molecule has 2 rings (SSSR count). The number of aliphatic hydroxyl groups is 1. The average Bonchev–Trinajstić information content (AvgIpc) is 2.72. The van der Waals surface area contributed by atoms with Crippen LogP contribution >= 0.6 is 23.3 Å². The zero-order chi connectivity index (χ0) is 13.2. The van der Waals surface area contributed by atoms with Gasteiger partial charge >= 0.3 is 0 Å². The van der Waals surface area contributed by atoms with E-state index in [1.54, 1.807) is 11.8 Å². The maximum Gasteiger partial charge on any atom is 0.153 e. The van der Waals surface area contributed by atoms with Crippen LogP contribution in [0.3, 0.4) is 0 Å². The summed E-state index contributed by atoms with van der Waals surface area (Å²) in [7, 11) is 0. The summed E-state index contributed by atoms with van der Waals surface area (Å²) in [4.78, 5) is 0.993. The molecule has 4 N–H and O–H groups in total. The second-order valence-corrected chi connectivity index (χ2v) is 6.78. The Hall–Kier alpha value is -0.460. The molecule has 0 bridgehead atoms. The maximum atomic E-state index is 10.5. The smallest absolute Gasteiger partial charge is 0.153 e. The summed E-state index contributed by atoms with van der Waals surface area (Å²) in [6.45, 7) is 2.84. The number of nitrogens with zero attached hydrogens (tertiary/aromatic N) is 1. The molecule has 1 aromatic rings. The number of rotatable bonds is 4. The zero-order valence-corrected chi connectivity index (χ0v) is 12.5. The molecule has 4 nitrogen and oxygen atoms in total. The van der Waals surface area contributed by atoms with E-state index in [1.807, 2.05) is 6.26 Å². The zero-order valence-electron chi connectivity index (χ0n) is 10.9. The molecule has 6 heteroatoms. The summed E-state index contributed by atoms with van der Waals surface area (Å²) < 4.78 is 4.14. The quantitative estimate of drug-likeness (QED) is 0.743. The lowest BCUT2D eigenvalue weighted by Gasteiger charge is -2.35. The highest BCUT2D eigenvalue weighted by molar-refractivity contribution is 7.99. The van der Waals surface area contributed by atoms with Gasteiger partial charge in [0.15, 0.2) is 5.82 Å². The molecule has 1 saturated carbocycles. The highest BCUT2D eigenvalue weighted by Gasteiger charge is 2.31. The minimum Gasteiger partial charge on any atom is -0.388 e. The van der Waals surface area contributed by atoms with Gasteiger partial charge in [0.25, 0.3) is 0 Å². The van der Waals surface area contributed by atoms with Gasteiger partial charge in [-0.15, -0.1) is 11.8 Å². The molecule has 0 unspecified atom stereocenters. The van der Waals surface area contributed by atoms with Crippen LogP contribution in [0, 0.1) is 5.92 Å². The average molecular weight is 287 g/mol. The number of hydrogen-bond donors (Lipinski definition) is 3. The van der Waals surface area contributed by atoms with Gasteiger partial charge in [0.2, 0.25) is 0 Å². The third-order valence-electron chi connectivity index (χ3n) is 3.66. The molecule has 102 valence electrons. The number of nitrogens with one attached hydrogen (secondary N) is 1. The Morgan fingerprint density at radius 3 is 2.83 bits per heavy atom. The Labute approximate surface area is 117 Å². The second kappa shape index (κ2) is 5.67. The van der Waals surface area contributed by atoms with Crippen molar-refractivity contribution >= 4 is 34.1 Å². The molecular formula is C12H21N3OS2. The molecule has 1 aliphatic rings. The van der Waals surface area contributed by atoms with Crippen molar-refractivity contribution in [1.29, 1.82) is 0 Å². The monoisotopic (exact) mass is 287 g/mol. The number of nitrogens with two attached hydrogens (primary N) is 1. The van der Waals surface area contributed by atoms with Gasteiger partial charge < -0.3 is 16.2 Å². The van der Waals surface area contributed by atoms with E-state index >= 15 is 0 Å². The van der Waals surface area contributed by atoms with Gasteiger partial charge in [0.05, 0.1) is 10.5 Å². The summed E-state index contributed by atoms with van der Waals surface area (Å²) in [6.07, 6.45) is 5.97. The van der Waals surface area contributed by atoms with Crippen LogP contribution in [0.25, 0.3) is 0 Å². The number of hydrogen-bond acceptors (Lipinski definition) is 6. The molecule has 0 atom stereocenters. The molecule has 18 heavy (non-hydrogen) atoms. The van der Waals surface area contributed by atoms with Crippen LogP contribution < -0.4 is 11.1 Å². The lowest BCUT2D eigenvalue weighted by molar-refractivity contribution is 0.00503. The first-order valence-electron chi connectivity index (χ1n) is 6.29. The van der Waals surface area contributed by atoms with Crippen molar-refractivity contribution in [3.8, 4) is 0 Å². The van der Waals surface area contributed by atoms with Gasteiger partial charge in [-0.25, -0.2) is 0 Å². The van der Waals surface area contributed by atoms with Crippen molar-refractivity contribution in [1.82, 2.24) is 4.37 Å². The Bertz CT molecular complexity index is 400. The first-order chi connectivity index (χ1) is 8.54. The molecule has 0 radical (unpaired) electrons. The third kappa shape index (κ3) is 3.10. The van der Waals surface area contributed by atoms with Gasteiger partial charge in [0.1, 0.15) is 5.00 Å². The molecule has 1 heterocycles. The van der Waals surface area contributed by atoms with Crippen molar-refractivity contribution in [2.45, 2.75) is 43.1 Å². The fourth-order valence-electron chi connectivity index (χ4n) is 2.32. The summed E-state index contributed by atoms with van der Waals surface area (Å²) in [5.41, 5.74) is 5.22. The fourth-order valence-corrected chi connectivity index (χ4v) is 3.86. The second-order valence-electron chi connectivity index (χ2n) is 5.19. The molecule has 0 amide bonds. The lowest BCUT2D eigenvalue weighted by atomic mass is 9.79. The van der Waals surface area contributed by atoms with E-state index in [2.05, 4.69) is 16.6 Å². The van der Waals surface area contributed by atoms with Crippen LogP contribution in [-0.4, -0.2) is 27.9 Å². The van der Waals surface area contributed by atoms with Crippen LogP contribution in [0.2, 0.25) is 0 Å². The van der Waals surface area contributed by atoms with E-state index in [0.717, 1.165) is 41.5 Å². The van der Waals surface area contributed by atoms with Gasteiger partial charge in [-0.05, 0) is 49.4 Å². The lowest BCUT2D eigenvalue weighted by Crippen LogP contribution is -2.40. The number of aromatic nitrogens is 1. The summed E-state index contributed by atoms with van der Waals surface area (Å²) >= 11 is 2.96. The molecule has 1 fully saturated rings. The normalized spacial score (nSPS) is 28.3. The SMILES string of the molecule is CSc1c(N)nsc1NCC1(O)CCC(C)CC1. The molecule has 0 aromatic carbocycles. The highest BCUT2D eigenvalue weighted by Crippen LogP contribution is 2.36. The van der Waals surface area contributed by atoms with Crippen molar-refractivity contribution in [3.63, 3.8) is 0 Å². The van der Waals surface area contributed by atoms with Crippen LogP contribution in [0.15, 0.2) is 4.90 Å². The van der Waals surface area contributed by atoms with Gasteiger partial charge in [-0.3, -0.25) is 0 Å². The molecule has 0 aliphatic heterocycles. The van der Waals surface area contributed by atoms with Crippen molar-refractivity contribution < 1.29 is 5.11 Å². The van der Waals surface area contributed by atoms with Gasteiger partial charge in [-0.2, -0.15) is 4.37 Å². The van der Waals surface area contributed by atoms with Crippen molar-refractivity contribution in [2.75, 3.05) is 23.9 Å². The minimum atomic E-state index is -0.569. The van der Waals surface area contributed by atoms with Crippen molar-refractivity contribution in [2.24, 2.45) is 5.92 Å². The molecule has 0 saturated heterocycles. The van der Waals surface area contributed by atoms with Crippen LogP contribution in [0.5, 0.6) is 0 Å². The van der Waals surface area contributed by atoms with E-state index in [1.165, 1.54) is 11.5 Å². The van der Waals surface area contributed by atoms with E-state index in [-0.39, 0.29) is 0 Å². The summed E-state index contributed by atoms with van der Waals surface area (Å²) in [5, 5.41) is 14.8. The van der Waals surface area contributed by atoms with Crippen molar-refractivity contribution in [3.05, 3.63) is 0 Å². The standard InChI is InChI=1S/C12H21N3OS2/c1-8-3-5-12(16,6-4-8)7-14-11-9(17-2)10(13)15-18-11/h8,14,16H,3-7H2,1-2H3,(H2,13,15). The third-order valence-corrected chi connectivity index (χ3v) is 5.43. The number of anilines is 2. The van der Waals surface area contributed by atoms with E-state index in [4.69, 9.17) is 5.73 Å². The molecule has 0 spiro atoms. The predicted molar refractivity (Wildman–Crippen MR) is 79.4 cm³/mol. The topological polar surface area (TPSA) is 71.2 Å². The first kappa shape index (κ1) is 14.0. The summed E-state index contributed by atoms with van der Waals surface area (Å²) in [5.74, 6) is 1.32. The highest BCUT2D eigenvalue weighted by atomic mass is 32.2. The molecule has 1 aromatic heterocycles. The summed E-state index contributed by atoms with van der Waals surface area (Å²) in [6, 6.07) is 0. The van der Waals surface area contributed by atoms with Crippen LogP contribution in [0.1, 0.15) is 32.6 Å². The van der Waals surface area contributed by atoms with Gasteiger partial charge in [-0.1, -0.05) is 6.92 Å². The minimum absolute atomic E-state index is 0.569. The van der Waals surface area contributed by atoms with Crippen LogP contribution in [0.4, 0.5) is 10.8 Å². The van der Waals surface area contributed by atoms with E-state index < -0.39 is 5.60 Å².